The minimum atomic E-state index is -3.61. The Labute approximate surface area is 141 Å². The largest absolute Gasteiger partial charge is 0.496 e. The Balaban J connectivity index is 1.95. The van der Waals surface area contributed by atoms with E-state index in [2.05, 4.69) is 25.6 Å². The topological polar surface area (TPSA) is 72.6 Å². The van der Waals surface area contributed by atoms with Gasteiger partial charge in [0.25, 0.3) is 0 Å². The number of methoxy groups -OCH3 is 1. The van der Waals surface area contributed by atoms with E-state index in [1.54, 1.807) is 18.9 Å². The van der Waals surface area contributed by atoms with Gasteiger partial charge in [-0.1, -0.05) is 11.2 Å². The maximum atomic E-state index is 12.7. The lowest BCUT2D eigenvalue weighted by molar-refractivity contribution is 0.410. The van der Waals surface area contributed by atoms with Gasteiger partial charge in [0.05, 0.1) is 23.2 Å². The SMILES string of the molecule is COc1ccc(C2SCCN2S(=O)(=O)c2cnoc2)cc1Br. The number of sulfonamides is 1. The van der Waals surface area contributed by atoms with Crippen LogP contribution in [0.3, 0.4) is 0 Å². The molecule has 2 aromatic rings. The second kappa shape index (κ2) is 6.23. The van der Waals surface area contributed by atoms with Crippen molar-refractivity contribution in [3.63, 3.8) is 0 Å². The van der Waals surface area contributed by atoms with E-state index in [0.717, 1.165) is 22.1 Å². The van der Waals surface area contributed by atoms with Gasteiger partial charge in [0.1, 0.15) is 16.9 Å². The van der Waals surface area contributed by atoms with Crippen molar-refractivity contribution in [3.05, 3.63) is 40.7 Å². The van der Waals surface area contributed by atoms with Gasteiger partial charge >= 0.3 is 0 Å². The number of thioether (sulfide) groups is 1. The molecule has 3 rings (SSSR count). The summed E-state index contributed by atoms with van der Waals surface area (Å²) in [6.45, 7) is 0.451. The molecule has 1 aliphatic rings. The van der Waals surface area contributed by atoms with Crippen LogP contribution >= 0.6 is 27.7 Å². The van der Waals surface area contributed by atoms with Gasteiger partial charge < -0.3 is 9.26 Å². The van der Waals surface area contributed by atoms with Crippen molar-refractivity contribution in [2.45, 2.75) is 10.3 Å². The number of rotatable bonds is 4. The van der Waals surface area contributed by atoms with Crippen LogP contribution in [0, 0.1) is 0 Å². The maximum absolute atomic E-state index is 12.7. The molecule has 0 saturated carbocycles. The normalized spacial score (nSPS) is 19.5. The molecule has 9 heteroatoms. The minimum absolute atomic E-state index is 0.0765. The zero-order valence-electron chi connectivity index (χ0n) is 11.6. The highest BCUT2D eigenvalue weighted by molar-refractivity contribution is 9.10. The summed E-state index contributed by atoms with van der Waals surface area (Å²) in [5.74, 6) is 1.44. The van der Waals surface area contributed by atoms with Crippen LogP contribution in [0.25, 0.3) is 0 Å². The van der Waals surface area contributed by atoms with Crippen LogP contribution in [0.2, 0.25) is 0 Å². The van der Waals surface area contributed by atoms with E-state index in [-0.39, 0.29) is 10.3 Å². The van der Waals surface area contributed by atoms with Gasteiger partial charge in [-0.25, -0.2) is 8.42 Å². The molecule has 118 valence electrons. The zero-order valence-corrected chi connectivity index (χ0v) is 14.8. The standard InChI is InChI=1S/C13H13BrN2O4S2/c1-19-12-3-2-9(6-11(12)14)13-16(4-5-21-13)22(17,18)10-7-15-20-8-10/h2-3,6-8,13H,4-5H2,1H3. The fraction of sp³-hybridized carbons (Fsp3) is 0.308. The van der Waals surface area contributed by atoms with E-state index in [1.165, 1.54) is 10.5 Å². The molecule has 1 aliphatic heterocycles. The Hall–Kier alpha value is -1.03. The van der Waals surface area contributed by atoms with Crippen molar-refractivity contribution >= 4 is 37.7 Å². The third-order valence-corrected chi connectivity index (χ3v) is 7.15. The zero-order chi connectivity index (χ0) is 15.7. The molecule has 0 amide bonds. The average Bonchev–Trinajstić information content (AvgIpc) is 3.19. The van der Waals surface area contributed by atoms with Crippen LogP contribution < -0.4 is 4.74 Å². The summed E-state index contributed by atoms with van der Waals surface area (Å²) in [4.78, 5) is 0.0765. The number of hydrogen-bond donors (Lipinski definition) is 0. The number of nitrogens with zero attached hydrogens (tertiary/aromatic N) is 2. The molecule has 1 aromatic heterocycles. The summed E-state index contributed by atoms with van der Waals surface area (Å²) in [5.41, 5.74) is 0.898. The van der Waals surface area contributed by atoms with Crippen LogP contribution in [0.1, 0.15) is 10.9 Å². The highest BCUT2D eigenvalue weighted by atomic mass is 79.9. The van der Waals surface area contributed by atoms with Crippen LogP contribution in [0.5, 0.6) is 5.75 Å². The van der Waals surface area contributed by atoms with Gasteiger partial charge in [-0.3, -0.25) is 0 Å². The predicted octanol–water partition coefficient (Wildman–Crippen LogP) is 2.88. The molecular formula is C13H13BrN2O4S2. The fourth-order valence-corrected chi connectivity index (χ4v) is 5.91. The highest BCUT2D eigenvalue weighted by Gasteiger charge is 2.37. The second-order valence-electron chi connectivity index (χ2n) is 4.59. The van der Waals surface area contributed by atoms with E-state index in [4.69, 9.17) is 4.74 Å². The fourth-order valence-electron chi connectivity index (χ4n) is 2.26. The van der Waals surface area contributed by atoms with Crippen molar-refractivity contribution in [1.29, 1.82) is 0 Å². The van der Waals surface area contributed by atoms with Crippen molar-refractivity contribution in [1.82, 2.24) is 9.46 Å². The Morgan fingerprint density at radius 2 is 2.32 bits per heavy atom. The second-order valence-corrected chi connectivity index (χ2v) is 8.53. The monoisotopic (exact) mass is 404 g/mol. The summed E-state index contributed by atoms with van der Waals surface area (Å²) < 4.78 is 37.5. The third kappa shape index (κ3) is 2.78. The average molecular weight is 405 g/mol. The van der Waals surface area contributed by atoms with Gasteiger partial charge in [0, 0.05) is 12.3 Å². The molecule has 0 aliphatic carbocycles. The first-order chi connectivity index (χ1) is 10.5. The molecule has 1 unspecified atom stereocenters. The Bertz CT molecular complexity index is 764. The molecule has 2 heterocycles. The quantitative estimate of drug-likeness (QED) is 0.779. The summed E-state index contributed by atoms with van der Waals surface area (Å²) in [6, 6.07) is 5.59. The molecule has 0 bridgehead atoms. The lowest BCUT2D eigenvalue weighted by Gasteiger charge is -2.23. The summed E-state index contributed by atoms with van der Waals surface area (Å²) in [6.07, 6.45) is 2.37. The van der Waals surface area contributed by atoms with E-state index < -0.39 is 10.0 Å². The molecule has 1 aromatic carbocycles. The van der Waals surface area contributed by atoms with E-state index >= 15 is 0 Å². The van der Waals surface area contributed by atoms with E-state index in [9.17, 15) is 8.42 Å². The van der Waals surface area contributed by atoms with Crippen molar-refractivity contribution in [3.8, 4) is 5.75 Å². The van der Waals surface area contributed by atoms with Gasteiger partial charge in [-0.05, 0) is 33.6 Å². The molecule has 1 saturated heterocycles. The highest BCUT2D eigenvalue weighted by Crippen LogP contribution is 2.43. The van der Waals surface area contributed by atoms with Crippen LogP contribution in [-0.2, 0) is 10.0 Å². The third-order valence-electron chi connectivity index (χ3n) is 3.33. The molecule has 0 spiro atoms. The Kier molecular flexibility index (Phi) is 4.49. The van der Waals surface area contributed by atoms with Crippen molar-refractivity contribution in [2.24, 2.45) is 0 Å². The lowest BCUT2D eigenvalue weighted by atomic mass is 10.2. The predicted molar refractivity (Wildman–Crippen MR) is 86.3 cm³/mol. The van der Waals surface area contributed by atoms with Gasteiger partial charge in [0.2, 0.25) is 10.0 Å². The molecule has 0 N–H and O–H groups in total. The van der Waals surface area contributed by atoms with Crippen molar-refractivity contribution in [2.75, 3.05) is 19.4 Å². The number of aromatic nitrogens is 1. The summed E-state index contributed by atoms with van der Waals surface area (Å²) >= 11 is 5.02. The number of benzene rings is 1. The van der Waals surface area contributed by atoms with Crippen LogP contribution in [-0.4, -0.2) is 37.3 Å². The minimum Gasteiger partial charge on any atom is -0.496 e. The summed E-state index contributed by atoms with van der Waals surface area (Å²) in [7, 11) is -2.02. The number of ether oxygens (including phenoxy) is 1. The molecular weight excluding hydrogens is 392 g/mol. The van der Waals surface area contributed by atoms with E-state index in [0.29, 0.717) is 12.3 Å². The van der Waals surface area contributed by atoms with Gasteiger partial charge in [0.15, 0.2) is 0 Å². The first-order valence-electron chi connectivity index (χ1n) is 6.40. The number of halogens is 1. The van der Waals surface area contributed by atoms with Crippen molar-refractivity contribution < 1.29 is 17.7 Å². The Morgan fingerprint density at radius 1 is 1.50 bits per heavy atom. The molecule has 0 radical (unpaired) electrons. The maximum Gasteiger partial charge on any atom is 0.249 e. The first kappa shape index (κ1) is 15.9. The Morgan fingerprint density at radius 3 is 2.95 bits per heavy atom. The molecule has 22 heavy (non-hydrogen) atoms. The first-order valence-corrected chi connectivity index (χ1v) is 9.68. The summed E-state index contributed by atoms with van der Waals surface area (Å²) in [5, 5.41) is 3.21. The lowest BCUT2D eigenvalue weighted by Crippen LogP contribution is -2.30. The molecule has 1 fully saturated rings. The molecule has 6 nitrogen and oxygen atoms in total. The van der Waals surface area contributed by atoms with Gasteiger partial charge in [-0.2, -0.15) is 4.31 Å². The van der Waals surface area contributed by atoms with Gasteiger partial charge in [-0.15, -0.1) is 11.8 Å². The molecule has 1 atom stereocenters. The van der Waals surface area contributed by atoms with Crippen LogP contribution in [0.4, 0.5) is 0 Å². The smallest absolute Gasteiger partial charge is 0.249 e. The number of hydrogen-bond acceptors (Lipinski definition) is 6. The van der Waals surface area contributed by atoms with Crippen LogP contribution in [0.15, 0.2) is 44.6 Å². The van der Waals surface area contributed by atoms with E-state index in [1.807, 2.05) is 18.2 Å².